The van der Waals surface area contributed by atoms with E-state index in [1.165, 1.54) is 4.68 Å². The molecule has 2 aromatic carbocycles. The van der Waals surface area contributed by atoms with Crippen LogP contribution < -0.4 is 5.56 Å². The summed E-state index contributed by atoms with van der Waals surface area (Å²) in [4.78, 5) is 28.4. The first-order valence-electron chi connectivity index (χ1n) is 10.5. The summed E-state index contributed by atoms with van der Waals surface area (Å²) in [6.07, 6.45) is 2.06. The van der Waals surface area contributed by atoms with E-state index in [0.29, 0.717) is 29.4 Å². The Bertz CT molecular complexity index is 1270. The normalized spacial score (nSPS) is 17.6. The minimum absolute atomic E-state index is 0.0291. The van der Waals surface area contributed by atoms with Crippen molar-refractivity contribution in [3.63, 3.8) is 0 Å². The molecule has 31 heavy (non-hydrogen) atoms. The topological polar surface area (TPSA) is 89.3 Å². The summed E-state index contributed by atoms with van der Waals surface area (Å²) in [6.45, 7) is 2.48. The zero-order valence-corrected chi connectivity index (χ0v) is 18.2. The van der Waals surface area contributed by atoms with E-state index in [1.54, 1.807) is 53.4 Å². The highest BCUT2D eigenvalue weighted by Crippen LogP contribution is 2.23. The lowest BCUT2D eigenvalue weighted by atomic mass is 10.1. The predicted molar refractivity (Wildman–Crippen MR) is 120 cm³/mol. The summed E-state index contributed by atoms with van der Waals surface area (Å²) in [5, 5.41) is 5.35. The first-order chi connectivity index (χ1) is 14.9. The van der Waals surface area contributed by atoms with Crippen molar-refractivity contribution < 1.29 is 13.2 Å². The van der Waals surface area contributed by atoms with Gasteiger partial charge in [-0.3, -0.25) is 9.59 Å². The molecular formula is C23H25N3O4S. The second-order valence-electron chi connectivity index (χ2n) is 7.86. The fraction of sp³-hybridized carbons (Fsp3) is 0.348. The molecule has 8 heteroatoms. The fourth-order valence-electron chi connectivity index (χ4n) is 4.03. The lowest BCUT2D eigenvalue weighted by molar-refractivity contribution is 0.0688. The van der Waals surface area contributed by atoms with Crippen LogP contribution in [0.3, 0.4) is 0 Å². The number of hydrogen-bond acceptors (Lipinski definition) is 5. The third kappa shape index (κ3) is 4.25. The molecule has 1 aliphatic rings. The van der Waals surface area contributed by atoms with Gasteiger partial charge in [0.15, 0.2) is 15.5 Å². The number of aromatic nitrogens is 2. The van der Waals surface area contributed by atoms with Gasteiger partial charge >= 0.3 is 0 Å². The second-order valence-corrected chi connectivity index (χ2v) is 10.1. The van der Waals surface area contributed by atoms with Crippen LogP contribution in [0.15, 0.2) is 59.4 Å². The number of carbonyl (C=O) groups excluding carboxylic acids is 1. The highest BCUT2D eigenvalue weighted by molar-refractivity contribution is 7.91. The minimum atomic E-state index is -3.15. The van der Waals surface area contributed by atoms with E-state index < -0.39 is 9.84 Å². The largest absolute Gasteiger partial charge is 0.333 e. The summed E-state index contributed by atoms with van der Waals surface area (Å²) >= 11 is 0. The van der Waals surface area contributed by atoms with E-state index in [9.17, 15) is 18.0 Å². The fourth-order valence-corrected chi connectivity index (χ4v) is 5.76. The van der Waals surface area contributed by atoms with E-state index in [0.717, 1.165) is 12.8 Å². The molecule has 1 aliphatic heterocycles. The number of benzene rings is 2. The molecule has 0 bridgehead atoms. The third-order valence-electron chi connectivity index (χ3n) is 5.67. The van der Waals surface area contributed by atoms with Crippen LogP contribution >= 0.6 is 0 Å². The summed E-state index contributed by atoms with van der Waals surface area (Å²) in [5.74, 6) is -0.277. The molecule has 1 fully saturated rings. The highest BCUT2D eigenvalue weighted by Gasteiger charge is 2.36. The number of amides is 1. The molecule has 0 aliphatic carbocycles. The van der Waals surface area contributed by atoms with Crippen LogP contribution in [0.1, 0.15) is 36.7 Å². The Morgan fingerprint density at radius 3 is 2.42 bits per heavy atom. The molecule has 0 N–H and O–H groups in total. The van der Waals surface area contributed by atoms with Gasteiger partial charge in [0.2, 0.25) is 0 Å². The molecule has 1 saturated heterocycles. The van der Waals surface area contributed by atoms with Crippen LogP contribution in [0.2, 0.25) is 0 Å². The van der Waals surface area contributed by atoms with Crippen LogP contribution in [0.5, 0.6) is 0 Å². The van der Waals surface area contributed by atoms with E-state index in [4.69, 9.17) is 0 Å². The number of fused-ring (bicyclic) bond motifs is 1. The Balaban J connectivity index is 1.86. The summed E-state index contributed by atoms with van der Waals surface area (Å²) in [6, 6.07) is 15.5. The van der Waals surface area contributed by atoms with Crippen LogP contribution in [0.25, 0.3) is 16.5 Å². The van der Waals surface area contributed by atoms with Crippen molar-refractivity contribution in [3.05, 3.63) is 70.6 Å². The molecule has 0 saturated carbocycles. The van der Waals surface area contributed by atoms with Crippen molar-refractivity contribution in [2.45, 2.75) is 32.2 Å². The first kappa shape index (κ1) is 21.2. The zero-order valence-electron chi connectivity index (χ0n) is 17.4. The van der Waals surface area contributed by atoms with Gasteiger partial charge in [-0.25, -0.2) is 8.42 Å². The van der Waals surface area contributed by atoms with Crippen molar-refractivity contribution in [1.82, 2.24) is 14.7 Å². The second kappa shape index (κ2) is 8.63. The van der Waals surface area contributed by atoms with Crippen molar-refractivity contribution >= 4 is 26.5 Å². The molecule has 1 atom stereocenters. The molecule has 7 nitrogen and oxygen atoms in total. The summed E-state index contributed by atoms with van der Waals surface area (Å²) in [7, 11) is -3.15. The lowest BCUT2D eigenvalue weighted by Gasteiger charge is -2.28. The number of sulfone groups is 1. The van der Waals surface area contributed by atoms with E-state index in [-0.39, 0.29) is 34.7 Å². The maximum Gasteiger partial charge on any atom is 0.279 e. The average Bonchev–Trinajstić information content (AvgIpc) is 3.14. The summed E-state index contributed by atoms with van der Waals surface area (Å²) in [5.41, 5.74) is 0.428. The van der Waals surface area contributed by atoms with Crippen molar-refractivity contribution in [3.8, 4) is 5.69 Å². The highest BCUT2D eigenvalue weighted by atomic mass is 32.2. The number of unbranched alkanes of at least 4 members (excludes halogenated alkanes) is 1. The molecule has 162 valence electrons. The van der Waals surface area contributed by atoms with Gasteiger partial charge in [0, 0.05) is 18.0 Å². The smallest absolute Gasteiger partial charge is 0.279 e. The van der Waals surface area contributed by atoms with Gasteiger partial charge in [-0.05, 0) is 31.0 Å². The lowest BCUT2D eigenvalue weighted by Crippen LogP contribution is -2.43. The van der Waals surface area contributed by atoms with Crippen molar-refractivity contribution in [2.24, 2.45) is 0 Å². The molecule has 3 aromatic rings. The Hall–Kier alpha value is -3.00. The van der Waals surface area contributed by atoms with E-state index in [1.807, 2.05) is 13.0 Å². The van der Waals surface area contributed by atoms with Crippen LogP contribution in [0.4, 0.5) is 0 Å². The zero-order chi connectivity index (χ0) is 22.0. The first-order valence-corrected chi connectivity index (χ1v) is 12.3. The molecule has 1 aromatic heterocycles. The Kier molecular flexibility index (Phi) is 5.91. The minimum Gasteiger partial charge on any atom is -0.333 e. The third-order valence-corrected chi connectivity index (χ3v) is 7.42. The number of para-hydroxylation sites is 1. The molecular weight excluding hydrogens is 414 g/mol. The SMILES string of the molecule is CCCCN(C(=O)c1nn(-c2ccccc2)c(=O)c2ccccc12)[C@@H]1CCS(=O)(=O)C1. The Morgan fingerprint density at radius 2 is 1.77 bits per heavy atom. The van der Waals surface area contributed by atoms with Crippen LogP contribution in [0, 0.1) is 0 Å². The standard InChI is InChI=1S/C23H25N3O4S/c1-2-3-14-25(18-13-15-31(29,30)16-18)23(28)21-19-11-7-8-12-20(19)22(27)26(24-21)17-9-5-4-6-10-17/h4-12,18H,2-3,13-16H2,1H3/t18-/m1/s1. The average molecular weight is 440 g/mol. The molecule has 0 spiro atoms. The molecule has 4 rings (SSSR count). The number of carbonyl (C=O) groups is 1. The van der Waals surface area contributed by atoms with Gasteiger partial charge in [0.25, 0.3) is 11.5 Å². The monoisotopic (exact) mass is 439 g/mol. The maximum atomic E-state index is 13.7. The summed E-state index contributed by atoms with van der Waals surface area (Å²) < 4.78 is 25.4. The molecule has 0 unspecified atom stereocenters. The van der Waals surface area contributed by atoms with Gasteiger partial charge in [-0.1, -0.05) is 49.7 Å². The van der Waals surface area contributed by atoms with Crippen LogP contribution in [-0.2, 0) is 9.84 Å². The van der Waals surface area contributed by atoms with Gasteiger partial charge in [0.05, 0.1) is 22.6 Å². The van der Waals surface area contributed by atoms with Gasteiger partial charge < -0.3 is 4.90 Å². The van der Waals surface area contributed by atoms with Gasteiger partial charge in [-0.15, -0.1) is 0 Å². The quantitative estimate of drug-likeness (QED) is 0.589. The number of rotatable bonds is 6. The van der Waals surface area contributed by atoms with E-state index in [2.05, 4.69) is 5.10 Å². The number of hydrogen-bond donors (Lipinski definition) is 0. The molecule has 2 heterocycles. The van der Waals surface area contributed by atoms with Crippen LogP contribution in [-0.4, -0.2) is 53.1 Å². The maximum absolute atomic E-state index is 13.7. The van der Waals surface area contributed by atoms with E-state index >= 15 is 0 Å². The Labute approximate surface area is 181 Å². The van der Waals surface area contributed by atoms with Gasteiger partial charge in [-0.2, -0.15) is 9.78 Å². The molecule has 1 amide bonds. The van der Waals surface area contributed by atoms with Crippen molar-refractivity contribution in [1.29, 1.82) is 0 Å². The molecule has 0 radical (unpaired) electrons. The van der Waals surface area contributed by atoms with Crippen molar-refractivity contribution in [2.75, 3.05) is 18.1 Å². The predicted octanol–water partition coefficient (Wildman–Crippen LogP) is 2.82. The number of nitrogens with zero attached hydrogens (tertiary/aromatic N) is 3. The van der Waals surface area contributed by atoms with Gasteiger partial charge in [0.1, 0.15) is 0 Å². The Morgan fingerprint density at radius 1 is 1.10 bits per heavy atom.